The van der Waals surface area contributed by atoms with Gasteiger partial charge < -0.3 is 5.11 Å². The Labute approximate surface area is 120 Å². The summed E-state index contributed by atoms with van der Waals surface area (Å²) in [7, 11) is -3.83. The van der Waals surface area contributed by atoms with Crippen LogP contribution < -0.4 is 4.72 Å². The van der Waals surface area contributed by atoms with Crippen molar-refractivity contribution in [2.24, 2.45) is 0 Å². The van der Waals surface area contributed by atoms with E-state index in [2.05, 4.69) is 9.71 Å². The molecular formula is C12H9ClN2O4S. The number of nitrogens with zero attached hydrogens (tertiary/aromatic N) is 1. The maximum Gasteiger partial charge on any atom is 0.354 e. The third-order valence-electron chi connectivity index (χ3n) is 2.34. The van der Waals surface area contributed by atoms with Crippen LogP contribution in [0.1, 0.15) is 10.5 Å². The standard InChI is InChI=1S/C12H9ClN2O4S/c13-8-2-1-3-10(6-8)20(18,19)15-9-4-5-14-11(7-9)12(16)17/h1-7H,(H,14,15)(H,16,17). The summed E-state index contributed by atoms with van der Waals surface area (Å²) in [5.74, 6) is -1.24. The number of benzene rings is 1. The van der Waals surface area contributed by atoms with E-state index in [1.165, 1.54) is 30.5 Å². The Bertz CT molecular complexity index is 762. The van der Waals surface area contributed by atoms with Crippen LogP contribution >= 0.6 is 11.6 Å². The molecule has 6 nitrogen and oxygen atoms in total. The number of halogens is 1. The zero-order chi connectivity index (χ0) is 14.8. The molecule has 20 heavy (non-hydrogen) atoms. The minimum Gasteiger partial charge on any atom is -0.477 e. The number of pyridine rings is 1. The Morgan fingerprint density at radius 3 is 2.65 bits per heavy atom. The average Bonchev–Trinajstić information content (AvgIpc) is 2.38. The topological polar surface area (TPSA) is 96.4 Å². The Hall–Kier alpha value is -2.12. The number of sulfonamides is 1. The molecule has 2 N–H and O–H groups in total. The Morgan fingerprint density at radius 1 is 1.25 bits per heavy atom. The molecule has 1 aromatic carbocycles. The second-order valence-corrected chi connectivity index (χ2v) is 5.92. The minimum absolute atomic E-state index is 0.0151. The van der Waals surface area contributed by atoms with E-state index < -0.39 is 16.0 Å². The van der Waals surface area contributed by atoms with Crippen LogP contribution in [-0.2, 0) is 10.0 Å². The van der Waals surface area contributed by atoms with Gasteiger partial charge in [-0.2, -0.15) is 0 Å². The van der Waals surface area contributed by atoms with E-state index in [0.29, 0.717) is 0 Å². The van der Waals surface area contributed by atoms with Crippen molar-refractivity contribution in [3.8, 4) is 0 Å². The Balaban J connectivity index is 2.33. The van der Waals surface area contributed by atoms with Crippen molar-refractivity contribution < 1.29 is 18.3 Å². The van der Waals surface area contributed by atoms with Gasteiger partial charge >= 0.3 is 5.97 Å². The fourth-order valence-corrected chi connectivity index (χ4v) is 2.81. The molecule has 0 aliphatic carbocycles. The Kier molecular flexibility index (Phi) is 3.91. The fourth-order valence-electron chi connectivity index (χ4n) is 1.46. The lowest BCUT2D eigenvalue weighted by Gasteiger charge is -2.08. The van der Waals surface area contributed by atoms with Crippen molar-refractivity contribution in [1.29, 1.82) is 0 Å². The summed E-state index contributed by atoms with van der Waals surface area (Å²) < 4.78 is 26.5. The first-order valence-corrected chi connectivity index (χ1v) is 7.22. The zero-order valence-corrected chi connectivity index (χ0v) is 11.5. The quantitative estimate of drug-likeness (QED) is 0.902. The molecule has 0 saturated carbocycles. The van der Waals surface area contributed by atoms with E-state index in [9.17, 15) is 13.2 Å². The van der Waals surface area contributed by atoms with E-state index in [4.69, 9.17) is 16.7 Å². The van der Waals surface area contributed by atoms with Gasteiger partial charge in [-0.1, -0.05) is 17.7 Å². The molecule has 0 radical (unpaired) electrons. The Morgan fingerprint density at radius 2 is 2.00 bits per heavy atom. The predicted octanol–water partition coefficient (Wildman–Crippen LogP) is 2.23. The fraction of sp³-hybridized carbons (Fsp3) is 0. The number of rotatable bonds is 4. The molecule has 2 rings (SSSR count). The summed E-state index contributed by atoms with van der Waals surface area (Å²) in [6, 6.07) is 8.22. The number of aromatic carboxylic acids is 1. The number of carbonyl (C=O) groups is 1. The van der Waals surface area contributed by atoms with Crippen LogP contribution in [-0.4, -0.2) is 24.5 Å². The van der Waals surface area contributed by atoms with Gasteiger partial charge in [-0.25, -0.2) is 18.2 Å². The highest BCUT2D eigenvalue weighted by molar-refractivity contribution is 7.92. The molecule has 0 atom stereocenters. The lowest BCUT2D eigenvalue weighted by Crippen LogP contribution is -2.13. The van der Waals surface area contributed by atoms with Crippen LogP contribution in [0, 0.1) is 0 Å². The van der Waals surface area contributed by atoms with Crippen molar-refractivity contribution in [3.63, 3.8) is 0 Å². The van der Waals surface area contributed by atoms with Crippen molar-refractivity contribution >= 4 is 33.3 Å². The van der Waals surface area contributed by atoms with Crippen LogP contribution in [0.3, 0.4) is 0 Å². The molecule has 0 amide bonds. The summed E-state index contributed by atoms with van der Waals surface area (Å²) >= 11 is 5.74. The van der Waals surface area contributed by atoms with E-state index >= 15 is 0 Å². The first kappa shape index (κ1) is 14.3. The van der Waals surface area contributed by atoms with Crippen molar-refractivity contribution in [2.75, 3.05) is 4.72 Å². The first-order chi connectivity index (χ1) is 9.38. The van der Waals surface area contributed by atoms with Crippen LogP contribution in [0.4, 0.5) is 5.69 Å². The number of anilines is 1. The van der Waals surface area contributed by atoms with Gasteiger partial charge in [0.05, 0.1) is 10.6 Å². The lowest BCUT2D eigenvalue weighted by molar-refractivity contribution is 0.0690. The second kappa shape index (κ2) is 5.48. The third kappa shape index (κ3) is 3.25. The molecule has 0 aliphatic heterocycles. The van der Waals surface area contributed by atoms with Gasteiger partial charge in [-0.15, -0.1) is 0 Å². The van der Waals surface area contributed by atoms with Crippen molar-refractivity contribution in [3.05, 3.63) is 53.3 Å². The van der Waals surface area contributed by atoms with Crippen molar-refractivity contribution in [1.82, 2.24) is 4.98 Å². The summed E-state index contributed by atoms with van der Waals surface area (Å²) in [6.07, 6.45) is 1.21. The molecule has 0 bridgehead atoms. The highest BCUT2D eigenvalue weighted by Crippen LogP contribution is 2.19. The SMILES string of the molecule is O=C(O)c1cc(NS(=O)(=O)c2cccc(Cl)c2)ccn1. The molecule has 104 valence electrons. The molecular weight excluding hydrogens is 304 g/mol. The maximum atomic E-state index is 12.1. The van der Waals surface area contributed by atoms with Gasteiger partial charge in [0.1, 0.15) is 5.69 Å². The highest BCUT2D eigenvalue weighted by Gasteiger charge is 2.15. The number of aromatic nitrogens is 1. The van der Waals surface area contributed by atoms with Crippen LogP contribution in [0.15, 0.2) is 47.5 Å². The molecule has 0 unspecified atom stereocenters. The largest absolute Gasteiger partial charge is 0.477 e. The normalized spacial score (nSPS) is 11.1. The summed E-state index contributed by atoms with van der Waals surface area (Å²) in [4.78, 5) is 14.4. The third-order valence-corrected chi connectivity index (χ3v) is 3.95. The molecule has 1 heterocycles. The van der Waals surface area contributed by atoms with Crippen LogP contribution in [0.25, 0.3) is 0 Å². The van der Waals surface area contributed by atoms with Gasteiger partial charge in [-0.3, -0.25) is 4.72 Å². The van der Waals surface area contributed by atoms with Gasteiger partial charge in [0.25, 0.3) is 10.0 Å². The van der Waals surface area contributed by atoms with Crippen LogP contribution in [0.5, 0.6) is 0 Å². The molecule has 1 aromatic heterocycles. The second-order valence-electron chi connectivity index (χ2n) is 3.80. The van der Waals surface area contributed by atoms with E-state index in [0.717, 1.165) is 6.07 Å². The predicted molar refractivity (Wildman–Crippen MR) is 73.5 cm³/mol. The van der Waals surface area contributed by atoms with E-state index in [1.807, 2.05) is 0 Å². The molecule has 0 fully saturated rings. The number of hydrogen-bond acceptors (Lipinski definition) is 4. The van der Waals surface area contributed by atoms with Crippen molar-refractivity contribution in [2.45, 2.75) is 4.90 Å². The zero-order valence-electron chi connectivity index (χ0n) is 9.95. The van der Waals surface area contributed by atoms with Gasteiger partial charge in [-0.05, 0) is 30.3 Å². The van der Waals surface area contributed by atoms with E-state index in [1.54, 1.807) is 6.07 Å². The number of nitrogens with one attached hydrogen (secondary N) is 1. The first-order valence-electron chi connectivity index (χ1n) is 5.36. The van der Waals surface area contributed by atoms with Gasteiger partial charge in [0.2, 0.25) is 0 Å². The number of carboxylic acids is 1. The molecule has 8 heteroatoms. The molecule has 0 aliphatic rings. The smallest absolute Gasteiger partial charge is 0.354 e. The molecule has 0 saturated heterocycles. The molecule has 2 aromatic rings. The number of hydrogen-bond donors (Lipinski definition) is 2. The molecule has 0 spiro atoms. The number of carboxylic acid groups (broad SMARTS) is 1. The van der Waals surface area contributed by atoms with Crippen LogP contribution in [0.2, 0.25) is 5.02 Å². The maximum absolute atomic E-state index is 12.1. The summed E-state index contributed by atoms with van der Waals surface area (Å²) in [5.41, 5.74) is -0.145. The minimum atomic E-state index is -3.83. The van der Waals surface area contributed by atoms with Gasteiger partial charge in [0.15, 0.2) is 0 Å². The monoisotopic (exact) mass is 312 g/mol. The lowest BCUT2D eigenvalue weighted by atomic mass is 10.3. The van der Waals surface area contributed by atoms with E-state index in [-0.39, 0.29) is 21.3 Å². The summed E-state index contributed by atoms with van der Waals surface area (Å²) in [5, 5.41) is 9.09. The highest BCUT2D eigenvalue weighted by atomic mass is 35.5. The van der Waals surface area contributed by atoms with Gasteiger partial charge in [0, 0.05) is 11.2 Å². The summed E-state index contributed by atoms with van der Waals surface area (Å²) in [6.45, 7) is 0. The average molecular weight is 313 g/mol.